The summed E-state index contributed by atoms with van der Waals surface area (Å²) in [6.45, 7) is 4.11. The molecule has 3 heterocycles. The number of hydrogen-bond acceptors (Lipinski definition) is 6. The summed E-state index contributed by atoms with van der Waals surface area (Å²) >= 11 is 0. The minimum Gasteiger partial charge on any atom is -0.497 e. The first-order chi connectivity index (χ1) is 12.8. The van der Waals surface area contributed by atoms with Crippen LogP contribution in [0.3, 0.4) is 0 Å². The van der Waals surface area contributed by atoms with Crippen LogP contribution in [0.15, 0.2) is 28.8 Å². The molecule has 0 radical (unpaired) electrons. The minimum atomic E-state index is -0.0396. The average molecular weight is 357 g/mol. The summed E-state index contributed by atoms with van der Waals surface area (Å²) in [5.41, 5.74) is 1.37. The standard InChI is InChI=1S/C19H23N3O4/c1-24-15-6-4-14(5-7-15)17-16(19(23)22-10-12-25-13-11-22)18(20-26-17)21-8-2-3-9-21/h4-7H,2-3,8-13H2,1H3. The lowest BCUT2D eigenvalue weighted by Crippen LogP contribution is -2.41. The summed E-state index contributed by atoms with van der Waals surface area (Å²) in [7, 11) is 1.63. The summed E-state index contributed by atoms with van der Waals surface area (Å²) in [6, 6.07) is 7.50. The van der Waals surface area contributed by atoms with Crippen LogP contribution in [0.2, 0.25) is 0 Å². The van der Waals surface area contributed by atoms with E-state index in [0.717, 1.165) is 37.2 Å². The molecule has 0 bridgehead atoms. The van der Waals surface area contributed by atoms with Crippen LogP contribution >= 0.6 is 0 Å². The maximum atomic E-state index is 13.3. The van der Waals surface area contributed by atoms with E-state index in [4.69, 9.17) is 14.0 Å². The number of methoxy groups -OCH3 is 1. The number of morpholine rings is 1. The molecule has 1 aromatic carbocycles. The molecule has 138 valence electrons. The predicted octanol–water partition coefficient (Wildman–Crippen LogP) is 2.42. The first-order valence-corrected chi connectivity index (χ1v) is 9.04. The average Bonchev–Trinajstić information content (AvgIpc) is 3.37. The number of ether oxygens (including phenoxy) is 2. The Morgan fingerprint density at radius 1 is 1.08 bits per heavy atom. The highest BCUT2D eigenvalue weighted by molar-refractivity contribution is 6.04. The molecular formula is C19H23N3O4. The van der Waals surface area contributed by atoms with Crippen molar-refractivity contribution in [1.82, 2.24) is 10.1 Å². The Labute approximate surface area is 152 Å². The van der Waals surface area contributed by atoms with Gasteiger partial charge in [-0.1, -0.05) is 5.16 Å². The van der Waals surface area contributed by atoms with Gasteiger partial charge in [-0.3, -0.25) is 4.79 Å². The van der Waals surface area contributed by atoms with Crippen molar-refractivity contribution in [3.63, 3.8) is 0 Å². The van der Waals surface area contributed by atoms with Crippen LogP contribution in [0.5, 0.6) is 5.75 Å². The van der Waals surface area contributed by atoms with Gasteiger partial charge in [0.05, 0.1) is 20.3 Å². The lowest BCUT2D eigenvalue weighted by atomic mass is 10.1. The highest BCUT2D eigenvalue weighted by atomic mass is 16.5. The molecule has 2 aliphatic rings. The molecule has 0 aliphatic carbocycles. The van der Waals surface area contributed by atoms with Crippen LogP contribution in [0.1, 0.15) is 23.2 Å². The van der Waals surface area contributed by atoms with Crippen LogP contribution in [-0.4, -0.2) is 62.5 Å². The largest absolute Gasteiger partial charge is 0.497 e. The number of anilines is 1. The fraction of sp³-hybridized carbons (Fsp3) is 0.474. The molecule has 2 aromatic rings. The number of benzene rings is 1. The van der Waals surface area contributed by atoms with E-state index in [1.54, 1.807) is 7.11 Å². The number of nitrogens with zero attached hydrogens (tertiary/aromatic N) is 3. The molecule has 1 amide bonds. The Hall–Kier alpha value is -2.54. The van der Waals surface area contributed by atoms with Gasteiger partial charge in [0.1, 0.15) is 11.3 Å². The summed E-state index contributed by atoms with van der Waals surface area (Å²) in [4.78, 5) is 17.2. The van der Waals surface area contributed by atoms with Crippen molar-refractivity contribution in [2.75, 3.05) is 51.4 Å². The van der Waals surface area contributed by atoms with Gasteiger partial charge >= 0.3 is 0 Å². The van der Waals surface area contributed by atoms with E-state index in [9.17, 15) is 4.79 Å². The van der Waals surface area contributed by atoms with E-state index < -0.39 is 0 Å². The van der Waals surface area contributed by atoms with Crippen LogP contribution < -0.4 is 9.64 Å². The van der Waals surface area contributed by atoms with Crippen LogP contribution in [0.4, 0.5) is 5.82 Å². The fourth-order valence-electron chi connectivity index (χ4n) is 3.48. The Bertz CT molecular complexity index is 760. The van der Waals surface area contributed by atoms with E-state index in [2.05, 4.69) is 10.1 Å². The predicted molar refractivity (Wildman–Crippen MR) is 96.7 cm³/mol. The number of hydrogen-bond donors (Lipinski definition) is 0. The van der Waals surface area contributed by atoms with Crippen molar-refractivity contribution in [3.05, 3.63) is 29.8 Å². The first-order valence-electron chi connectivity index (χ1n) is 9.04. The molecule has 4 rings (SSSR count). The molecule has 1 aromatic heterocycles. The van der Waals surface area contributed by atoms with Gasteiger partial charge in [0.15, 0.2) is 11.6 Å². The third-order valence-electron chi connectivity index (χ3n) is 4.94. The normalized spacial score (nSPS) is 17.6. The summed E-state index contributed by atoms with van der Waals surface area (Å²) in [5.74, 6) is 1.90. The van der Waals surface area contributed by atoms with E-state index in [-0.39, 0.29) is 5.91 Å². The van der Waals surface area contributed by atoms with Gasteiger partial charge in [-0.2, -0.15) is 0 Å². The molecule has 0 N–H and O–H groups in total. The van der Waals surface area contributed by atoms with Crippen LogP contribution in [0, 0.1) is 0 Å². The summed E-state index contributed by atoms with van der Waals surface area (Å²) in [6.07, 6.45) is 2.21. The lowest BCUT2D eigenvalue weighted by molar-refractivity contribution is 0.0303. The smallest absolute Gasteiger partial charge is 0.261 e. The Morgan fingerprint density at radius 3 is 2.42 bits per heavy atom. The number of carbonyl (C=O) groups is 1. The number of rotatable bonds is 4. The first kappa shape index (κ1) is 16.9. The van der Waals surface area contributed by atoms with Crippen molar-refractivity contribution in [2.45, 2.75) is 12.8 Å². The highest BCUT2D eigenvalue weighted by Gasteiger charge is 2.32. The number of amides is 1. The molecule has 7 heteroatoms. The Morgan fingerprint density at radius 2 is 1.77 bits per heavy atom. The van der Waals surface area contributed by atoms with Crippen molar-refractivity contribution >= 4 is 11.7 Å². The SMILES string of the molecule is COc1ccc(-c2onc(N3CCCC3)c2C(=O)N2CCOCC2)cc1. The zero-order valence-corrected chi connectivity index (χ0v) is 14.9. The van der Waals surface area contributed by atoms with Crippen molar-refractivity contribution in [2.24, 2.45) is 0 Å². The van der Waals surface area contributed by atoms with Crippen LogP contribution in [-0.2, 0) is 4.74 Å². The van der Waals surface area contributed by atoms with Gasteiger partial charge in [-0.25, -0.2) is 0 Å². The monoisotopic (exact) mass is 357 g/mol. The van der Waals surface area contributed by atoms with Crippen molar-refractivity contribution < 1.29 is 18.8 Å². The molecule has 0 spiro atoms. The Kier molecular flexibility index (Phi) is 4.79. The third-order valence-corrected chi connectivity index (χ3v) is 4.94. The maximum Gasteiger partial charge on any atom is 0.261 e. The second-order valence-corrected chi connectivity index (χ2v) is 6.54. The summed E-state index contributed by atoms with van der Waals surface area (Å²) < 4.78 is 16.3. The topological polar surface area (TPSA) is 68.0 Å². The molecule has 7 nitrogen and oxygen atoms in total. The second kappa shape index (κ2) is 7.37. The molecule has 0 atom stereocenters. The molecular weight excluding hydrogens is 334 g/mol. The van der Waals surface area contributed by atoms with Gasteiger partial charge in [0.25, 0.3) is 5.91 Å². The molecule has 26 heavy (non-hydrogen) atoms. The van der Waals surface area contributed by atoms with E-state index in [0.29, 0.717) is 43.4 Å². The van der Waals surface area contributed by atoms with E-state index in [1.165, 1.54) is 0 Å². The molecule has 2 saturated heterocycles. The minimum absolute atomic E-state index is 0.0396. The second-order valence-electron chi connectivity index (χ2n) is 6.54. The quantitative estimate of drug-likeness (QED) is 0.837. The van der Waals surface area contributed by atoms with Crippen molar-refractivity contribution in [3.8, 4) is 17.1 Å². The highest BCUT2D eigenvalue weighted by Crippen LogP contribution is 2.34. The van der Waals surface area contributed by atoms with Gasteiger partial charge in [0.2, 0.25) is 0 Å². The fourth-order valence-corrected chi connectivity index (χ4v) is 3.48. The number of aromatic nitrogens is 1. The number of carbonyl (C=O) groups excluding carboxylic acids is 1. The molecule has 2 fully saturated rings. The van der Waals surface area contributed by atoms with Crippen molar-refractivity contribution in [1.29, 1.82) is 0 Å². The summed E-state index contributed by atoms with van der Waals surface area (Å²) in [5, 5.41) is 4.27. The van der Waals surface area contributed by atoms with E-state index in [1.807, 2.05) is 29.2 Å². The van der Waals surface area contributed by atoms with Gasteiger partial charge in [-0.15, -0.1) is 0 Å². The molecule has 0 saturated carbocycles. The third kappa shape index (κ3) is 3.14. The van der Waals surface area contributed by atoms with E-state index >= 15 is 0 Å². The van der Waals surface area contributed by atoms with Gasteiger partial charge < -0.3 is 23.8 Å². The van der Waals surface area contributed by atoms with Gasteiger partial charge in [0, 0.05) is 31.7 Å². The zero-order chi connectivity index (χ0) is 17.9. The molecule has 2 aliphatic heterocycles. The molecule has 0 unspecified atom stereocenters. The van der Waals surface area contributed by atoms with Crippen LogP contribution in [0.25, 0.3) is 11.3 Å². The maximum absolute atomic E-state index is 13.3. The zero-order valence-electron chi connectivity index (χ0n) is 14.9. The Balaban J connectivity index is 1.73. The lowest BCUT2D eigenvalue weighted by Gasteiger charge is -2.27. The van der Waals surface area contributed by atoms with Gasteiger partial charge in [-0.05, 0) is 37.1 Å².